The summed E-state index contributed by atoms with van der Waals surface area (Å²) in [6.07, 6.45) is 0. The lowest BCUT2D eigenvalue weighted by Gasteiger charge is -2.27. The summed E-state index contributed by atoms with van der Waals surface area (Å²) in [5.74, 6) is 0.551. The van der Waals surface area contributed by atoms with E-state index in [1.54, 1.807) is 0 Å². The summed E-state index contributed by atoms with van der Waals surface area (Å²) >= 11 is 3.48. The SMILES string of the molecule is CC(NC(c1ccccc1)C(C)C)c1ccc(Br)cc1. The molecule has 1 nitrogen and oxygen atoms in total. The first kappa shape index (κ1) is 15.3. The molecular weight excluding hydrogens is 310 g/mol. The Hall–Kier alpha value is -1.12. The topological polar surface area (TPSA) is 12.0 Å². The van der Waals surface area contributed by atoms with Gasteiger partial charge in [-0.3, -0.25) is 0 Å². The molecule has 0 amide bonds. The predicted molar refractivity (Wildman–Crippen MR) is 89.7 cm³/mol. The molecule has 1 N–H and O–H groups in total. The van der Waals surface area contributed by atoms with Gasteiger partial charge in [0.1, 0.15) is 0 Å². The first-order valence-corrected chi connectivity index (χ1v) is 7.93. The molecule has 0 heterocycles. The minimum absolute atomic E-state index is 0.329. The average molecular weight is 332 g/mol. The van der Waals surface area contributed by atoms with Crippen LogP contribution in [-0.4, -0.2) is 0 Å². The minimum Gasteiger partial charge on any atom is -0.303 e. The number of halogens is 1. The minimum atomic E-state index is 0.329. The summed E-state index contributed by atoms with van der Waals surface area (Å²) in [4.78, 5) is 0. The van der Waals surface area contributed by atoms with Crippen molar-refractivity contribution in [2.75, 3.05) is 0 Å². The number of hydrogen-bond acceptors (Lipinski definition) is 1. The van der Waals surface area contributed by atoms with Crippen LogP contribution in [0.4, 0.5) is 0 Å². The molecular formula is C18H22BrN. The van der Waals surface area contributed by atoms with Crippen molar-refractivity contribution < 1.29 is 0 Å². The van der Waals surface area contributed by atoms with Gasteiger partial charge in [0.2, 0.25) is 0 Å². The summed E-state index contributed by atoms with van der Waals surface area (Å²) in [6, 6.07) is 19.9. The highest BCUT2D eigenvalue weighted by atomic mass is 79.9. The van der Waals surface area contributed by atoms with E-state index < -0.39 is 0 Å². The van der Waals surface area contributed by atoms with Crippen LogP contribution < -0.4 is 5.32 Å². The van der Waals surface area contributed by atoms with E-state index in [0.717, 1.165) is 4.47 Å². The van der Waals surface area contributed by atoms with Crippen LogP contribution in [0.3, 0.4) is 0 Å². The molecule has 106 valence electrons. The number of hydrogen-bond donors (Lipinski definition) is 1. The zero-order chi connectivity index (χ0) is 14.5. The number of rotatable bonds is 5. The van der Waals surface area contributed by atoms with Gasteiger partial charge in [0.15, 0.2) is 0 Å². The van der Waals surface area contributed by atoms with Crippen LogP contribution >= 0.6 is 15.9 Å². The lowest BCUT2D eigenvalue weighted by molar-refractivity contribution is 0.374. The molecule has 2 rings (SSSR count). The van der Waals surface area contributed by atoms with Gasteiger partial charge >= 0.3 is 0 Å². The maximum absolute atomic E-state index is 3.75. The van der Waals surface area contributed by atoms with Crippen molar-refractivity contribution in [1.82, 2.24) is 5.32 Å². The van der Waals surface area contributed by atoms with Gasteiger partial charge in [0.05, 0.1) is 0 Å². The van der Waals surface area contributed by atoms with E-state index >= 15 is 0 Å². The molecule has 0 fully saturated rings. The third-order valence-corrected chi connectivity index (χ3v) is 4.15. The molecule has 0 aromatic heterocycles. The van der Waals surface area contributed by atoms with Crippen LogP contribution in [0.1, 0.15) is 44.0 Å². The van der Waals surface area contributed by atoms with E-state index in [-0.39, 0.29) is 0 Å². The van der Waals surface area contributed by atoms with Crippen molar-refractivity contribution in [2.45, 2.75) is 32.9 Å². The molecule has 2 atom stereocenters. The normalized spacial score (nSPS) is 14.2. The van der Waals surface area contributed by atoms with Gasteiger partial charge in [-0.15, -0.1) is 0 Å². The maximum atomic E-state index is 3.75. The maximum Gasteiger partial charge on any atom is 0.0348 e. The Kier molecular flexibility index (Phi) is 5.38. The smallest absolute Gasteiger partial charge is 0.0348 e. The molecule has 2 heteroatoms. The summed E-state index contributed by atoms with van der Waals surface area (Å²) < 4.78 is 1.12. The number of nitrogens with one attached hydrogen (secondary N) is 1. The molecule has 2 aromatic carbocycles. The van der Waals surface area contributed by atoms with E-state index in [9.17, 15) is 0 Å². The summed E-state index contributed by atoms with van der Waals surface area (Å²) in [7, 11) is 0. The highest BCUT2D eigenvalue weighted by molar-refractivity contribution is 9.10. The fourth-order valence-electron chi connectivity index (χ4n) is 2.45. The fourth-order valence-corrected chi connectivity index (χ4v) is 2.72. The highest BCUT2D eigenvalue weighted by Gasteiger charge is 2.18. The molecule has 0 spiro atoms. The fraction of sp³-hybridized carbons (Fsp3) is 0.333. The molecule has 20 heavy (non-hydrogen) atoms. The summed E-state index contributed by atoms with van der Waals surface area (Å²) in [5, 5.41) is 3.75. The van der Waals surface area contributed by atoms with Crippen molar-refractivity contribution in [1.29, 1.82) is 0 Å². The number of benzene rings is 2. The van der Waals surface area contributed by atoms with Crippen LogP contribution in [0.5, 0.6) is 0 Å². The zero-order valence-electron chi connectivity index (χ0n) is 12.3. The van der Waals surface area contributed by atoms with Crippen molar-refractivity contribution in [2.24, 2.45) is 5.92 Å². The first-order valence-electron chi connectivity index (χ1n) is 7.14. The van der Waals surface area contributed by atoms with Crippen molar-refractivity contribution >= 4 is 15.9 Å². The van der Waals surface area contributed by atoms with Gasteiger partial charge < -0.3 is 5.32 Å². The molecule has 2 unspecified atom stereocenters. The molecule has 0 saturated heterocycles. The monoisotopic (exact) mass is 331 g/mol. The molecule has 0 aliphatic rings. The van der Waals surface area contributed by atoms with Crippen molar-refractivity contribution in [3.63, 3.8) is 0 Å². The Bertz CT molecular complexity index is 519. The summed E-state index contributed by atoms with van der Waals surface area (Å²) in [5.41, 5.74) is 2.67. The van der Waals surface area contributed by atoms with Crippen LogP contribution in [0.25, 0.3) is 0 Å². The zero-order valence-corrected chi connectivity index (χ0v) is 13.9. The second kappa shape index (κ2) is 7.05. The van der Waals surface area contributed by atoms with Crippen LogP contribution in [0.15, 0.2) is 59.1 Å². The Morgan fingerprint density at radius 1 is 0.800 bits per heavy atom. The van der Waals surface area contributed by atoms with E-state index in [1.807, 2.05) is 0 Å². The van der Waals surface area contributed by atoms with Crippen molar-refractivity contribution in [3.05, 3.63) is 70.2 Å². The van der Waals surface area contributed by atoms with Crippen LogP contribution in [-0.2, 0) is 0 Å². The second-order valence-electron chi connectivity index (χ2n) is 5.57. The summed E-state index contributed by atoms with van der Waals surface area (Å²) in [6.45, 7) is 6.75. The van der Waals surface area contributed by atoms with Crippen LogP contribution in [0, 0.1) is 5.92 Å². The molecule has 0 aliphatic heterocycles. The molecule has 0 saturated carbocycles. The third-order valence-electron chi connectivity index (χ3n) is 3.62. The van der Waals surface area contributed by atoms with Gasteiger partial charge in [-0.1, -0.05) is 72.2 Å². The Morgan fingerprint density at radius 2 is 1.40 bits per heavy atom. The first-order chi connectivity index (χ1) is 9.58. The standard InChI is InChI=1S/C18H22BrN/c1-13(2)18(16-7-5-4-6-8-16)20-14(3)15-9-11-17(19)12-10-15/h4-14,18,20H,1-3H3. The Labute approximate surface area is 130 Å². The van der Waals surface area contributed by atoms with Crippen molar-refractivity contribution in [3.8, 4) is 0 Å². The Morgan fingerprint density at radius 3 is 1.95 bits per heavy atom. The molecule has 0 radical (unpaired) electrons. The van der Waals surface area contributed by atoms with Gasteiger partial charge in [0, 0.05) is 16.6 Å². The molecule has 2 aromatic rings. The average Bonchev–Trinajstić information content (AvgIpc) is 2.46. The molecule has 0 bridgehead atoms. The predicted octanol–water partition coefficient (Wildman–Crippen LogP) is 5.50. The van der Waals surface area contributed by atoms with Gasteiger partial charge in [-0.05, 0) is 36.1 Å². The van der Waals surface area contributed by atoms with Gasteiger partial charge in [-0.2, -0.15) is 0 Å². The third kappa shape index (κ3) is 3.94. The largest absolute Gasteiger partial charge is 0.303 e. The van der Waals surface area contributed by atoms with E-state index in [0.29, 0.717) is 18.0 Å². The molecule has 0 aliphatic carbocycles. The quantitative estimate of drug-likeness (QED) is 0.763. The Balaban J connectivity index is 2.14. The van der Waals surface area contributed by atoms with Gasteiger partial charge in [-0.25, -0.2) is 0 Å². The van der Waals surface area contributed by atoms with E-state index in [1.165, 1.54) is 11.1 Å². The second-order valence-corrected chi connectivity index (χ2v) is 6.49. The lowest BCUT2D eigenvalue weighted by atomic mass is 9.94. The van der Waals surface area contributed by atoms with Gasteiger partial charge in [0.25, 0.3) is 0 Å². The van der Waals surface area contributed by atoms with E-state index in [2.05, 4.69) is 96.6 Å². The lowest BCUT2D eigenvalue weighted by Crippen LogP contribution is -2.28. The van der Waals surface area contributed by atoms with Crippen LogP contribution in [0.2, 0.25) is 0 Å². The van der Waals surface area contributed by atoms with E-state index in [4.69, 9.17) is 0 Å². The highest BCUT2D eigenvalue weighted by Crippen LogP contribution is 2.26.